The number of ether oxygens (including phenoxy) is 1. The van der Waals surface area contributed by atoms with Crippen molar-refractivity contribution >= 4 is 23.3 Å². The van der Waals surface area contributed by atoms with E-state index in [0.29, 0.717) is 5.92 Å². The van der Waals surface area contributed by atoms with Gasteiger partial charge in [0.2, 0.25) is 0 Å². The molecule has 0 bridgehead atoms. The third kappa shape index (κ3) is 5.17. The molecule has 4 heteroatoms. The number of likely N-dealkylation sites (tertiary alicyclic amines) is 1. The molecule has 1 atom stereocenters. The molecule has 0 amide bonds. The Morgan fingerprint density at radius 3 is 2.31 bits per heavy atom. The van der Waals surface area contributed by atoms with Crippen molar-refractivity contribution in [3.05, 3.63) is 102 Å². The minimum Gasteiger partial charge on any atom is -0.485 e. The molecule has 3 aromatic carbocycles. The Labute approximate surface area is 196 Å². The summed E-state index contributed by atoms with van der Waals surface area (Å²) in [7, 11) is 0. The van der Waals surface area contributed by atoms with E-state index in [1.54, 1.807) is 0 Å². The molecule has 1 saturated heterocycles. The molecule has 0 radical (unpaired) electrons. The SMILES string of the molecule is Cl.c1ccc(C2CCN(CC[C@H](Oc3cccc4[nH]ccc34)c3ccccc3)CC2)cc1. The van der Waals surface area contributed by atoms with Crippen molar-refractivity contribution in [3.63, 3.8) is 0 Å². The van der Waals surface area contributed by atoms with Gasteiger partial charge in [-0.15, -0.1) is 12.4 Å². The highest BCUT2D eigenvalue weighted by Crippen LogP contribution is 2.32. The van der Waals surface area contributed by atoms with Gasteiger partial charge in [-0.25, -0.2) is 0 Å². The van der Waals surface area contributed by atoms with E-state index < -0.39 is 0 Å². The van der Waals surface area contributed by atoms with Crippen LogP contribution in [0.3, 0.4) is 0 Å². The van der Waals surface area contributed by atoms with Crippen LogP contribution in [0.1, 0.15) is 42.4 Å². The molecule has 0 spiro atoms. The van der Waals surface area contributed by atoms with Gasteiger partial charge in [0, 0.05) is 30.1 Å². The van der Waals surface area contributed by atoms with Gasteiger partial charge in [0.1, 0.15) is 11.9 Å². The van der Waals surface area contributed by atoms with Gasteiger partial charge in [-0.05, 0) is 61.2 Å². The fourth-order valence-corrected chi connectivity index (χ4v) is 4.79. The van der Waals surface area contributed by atoms with Crippen LogP contribution in [0.5, 0.6) is 5.75 Å². The van der Waals surface area contributed by atoms with Gasteiger partial charge in [0.05, 0.1) is 0 Å². The van der Waals surface area contributed by atoms with Gasteiger partial charge in [-0.3, -0.25) is 0 Å². The average Bonchev–Trinajstić information content (AvgIpc) is 3.33. The predicted molar refractivity (Wildman–Crippen MR) is 135 cm³/mol. The van der Waals surface area contributed by atoms with Crippen molar-refractivity contribution in [2.75, 3.05) is 19.6 Å². The van der Waals surface area contributed by atoms with Crippen molar-refractivity contribution < 1.29 is 4.74 Å². The lowest BCUT2D eigenvalue weighted by Crippen LogP contribution is -2.34. The van der Waals surface area contributed by atoms with E-state index in [1.807, 2.05) is 6.20 Å². The summed E-state index contributed by atoms with van der Waals surface area (Å²) < 4.78 is 6.61. The quantitative estimate of drug-likeness (QED) is 0.331. The molecule has 2 heterocycles. The number of hydrogen-bond donors (Lipinski definition) is 1. The number of aromatic amines is 1. The summed E-state index contributed by atoms with van der Waals surface area (Å²) in [6.07, 6.45) is 5.49. The zero-order chi connectivity index (χ0) is 20.9. The van der Waals surface area contributed by atoms with Crippen LogP contribution in [-0.4, -0.2) is 29.5 Å². The lowest BCUT2D eigenvalue weighted by atomic mass is 9.89. The molecule has 0 unspecified atom stereocenters. The molecule has 32 heavy (non-hydrogen) atoms. The fourth-order valence-electron chi connectivity index (χ4n) is 4.79. The first-order valence-electron chi connectivity index (χ1n) is 11.4. The van der Waals surface area contributed by atoms with E-state index in [1.165, 1.54) is 24.0 Å². The Morgan fingerprint density at radius 2 is 1.56 bits per heavy atom. The lowest BCUT2D eigenvalue weighted by Gasteiger charge is -2.33. The van der Waals surface area contributed by atoms with Gasteiger partial charge >= 0.3 is 0 Å². The Hall–Kier alpha value is -2.75. The number of piperidine rings is 1. The summed E-state index contributed by atoms with van der Waals surface area (Å²) in [4.78, 5) is 5.89. The highest BCUT2D eigenvalue weighted by molar-refractivity contribution is 5.86. The van der Waals surface area contributed by atoms with Crippen LogP contribution >= 0.6 is 12.4 Å². The maximum Gasteiger partial charge on any atom is 0.129 e. The van der Waals surface area contributed by atoms with E-state index in [4.69, 9.17) is 4.74 Å². The van der Waals surface area contributed by atoms with Crippen LogP contribution in [-0.2, 0) is 0 Å². The van der Waals surface area contributed by atoms with E-state index in [9.17, 15) is 0 Å². The van der Waals surface area contributed by atoms with Gasteiger partial charge < -0.3 is 14.6 Å². The van der Waals surface area contributed by atoms with Crippen LogP contribution in [0.4, 0.5) is 0 Å². The largest absolute Gasteiger partial charge is 0.485 e. The normalized spacial score (nSPS) is 15.9. The highest BCUT2D eigenvalue weighted by Gasteiger charge is 2.22. The maximum absolute atomic E-state index is 6.61. The first kappa shape index (κ1) is 22.4. The third-order valence-electron chi connectivity index (χ3n) is 6.56. The van der Waals surface area contributed by atoms with Crippen LogP contribution in [0.2, 0.25) is 0 Å². The maximum atomic E-state index is 6.61. The van der Waals surface area contributed by atoms with Crippen molar-refractivity contribution in [2.24, 2.45) is 0 Å². The van der Waals surface area contributed by atoms with Gasteiger partial charge in [0.15, 0.2) is 0 Å². The van der Waals surface area contributed by atoms with Crippen molar-refractivity contribution in [1.82, 2.24) is 9.88 Å². The Kier molecular flexibility index (Phi) is 7.51. The molecular weight excluding hydrogens is 416 g/mol. The molecule has 1 aliphatic heterocycles. The number of nitrogens with zero attached hydrogens (tertiary/aromatic N) is 1. The Balaban J connectivity index is 0.00000245. The lowest BCUT2D eigenvalue weighted by molar-refractivity contribution is 0.149. The van der Waals surface area contributed by atoms with Crippen LogP contribution < -0.4 is 4.74 Å². The van der Waals surface area contributed by atoms with Crippen LogP contribution in [0.25, 0.3) is 10.9 Å². The smallest absolute Gasteiger partial charge is 0.129 e. The second-order valence-electron chi connectivity index (χ2n) is 8.53. The number of rotatable bonds is 7. The Bertz CT molecular complexity index is 1090. The van der Waals surface area contributed by atoms with Gasteiger partial charge in [0.25, 0.3) is 0 Å². The second-order valence-corrected chi connectivity index (χ2v) is 8.53. The van der Waals surface area contributed by atoms with Crippen molar-refractivity contribution in [3.8, 4) is 5.75 Å². The number of hydrogen-bond acceptors (Lipinski definition) is 2. The van der Waals surface area contributed by atoms with E-state index >= 15 is 0 Å². The minimum atomic E-state index is 0. The minimum absolute atomic E-state index is 0. The molecule has 0 aliphatic carbocycles. The number of H-pyrrole nitrogens is 1. The monoisotopic (exact) mass is 446 g/mol. The molecule has 1 aliphatic rings. The summed E-state index contributed by atoms with van der Waals surface area (Å²) in [5, 5.41) is 1.15. The van der Waals surface area contributed by atoms with Gasteiger partial charge in [-0.1, -0.05) is 66.7 Å². The fraction of sp³-hybridized carbons (Fsp3) is 0.286. The molecule has 4 aromatic rings. The third-order valence-corrected chi connectivity index (χ3v) is 6.56. The number of nitrogens with one attached hydrogen (secondary N) is 1. The molecule has 3 nitrogen and oxygen atoms in total. The zero-order valence-corrected chi connectivity index (χ0v) is 19.1. The Morgan fingerprint density at radius 1 is 0.844 bits per heavy atom. The molecular formula is C28H31ClN2O. The summed E-state index contributed by atoms with van der Waals surface area (Å²) >= 11 is 0. The number of aromatic nitrogens is 1. The predicted octanol–water partition coefficient (Wildman–Crippen LogP) is 6.98. The molecule has 1 aromatic heterocycles. The zero-order valence-electron chi connectivity index (χ0n) is 18.3. The van der Waals surface area contributed by atoms with E-state index in [0.717, 1.165) is 42.7 Å². The highest BCUT2D eigenvalue weighted by atomic mass is 35.5. The summed E-state index contributed by atoms with van der Waals surface area (Å²) in [6.45, 7) is 3.38. The summed E-state index contributed by atoms with van der Waals surface area (Å²) in [5.74, 6) is 1.65. The summed E-state index contributed by atoms with van der Waals surface area (Å²) in [5.41, 5.74) is 3.86. The van der Waals surface area contributed by atoms with Crippen LogP contribution in [0.15, 0.2) is 91.1 Å². The van der Waals surface area contributed by atoms with Crippen molar-refractivity contribution in [1.29, 1.82) is 0 Å². The van der Waals surface area contributed by atoms with E-state index in [-0.39, 0.29) is 18.5 Å². The average molecular weight is 447 g/mol. The molecule has 1 N–H and O–H groups in total. The van der Waals surface area contributed by atoms with Crippen molar-refractivity contribution in [2.45, 2.75) is 31.3 Å². The number of halogens is 1. The second kappa shape index (κ2) is 10.7. The molecule has 5 rings (SSSR count). The summed E-state index contributed by atoms with van der Waals surface area (Å²) in [6, 6.07) is 30.0. The number of benzene rings is 3. The topological polar surface area (TPSA) is 28.3 Å². The number of fused-ring (bicyclic) bond motifs is 1. The first-order valence-corrected chi connectivity index (χ1v) is 11.4. The first-order chi connectivity index (χ1) is 15.4. The van der Waals surface area contributed by atoms with Gasteiger partial charge in [-0.2, -0.15) is 0 Å². The molecule has 1 fully saturated rings. The molecule has 166 valence electrons. The van der Waals surface area contributed by atoms with E-state index in [2.05, 4.69) is 94.8 Å². The van der Waals surface area contributed by atoms with Crippen LogP contribution in [0, 0.1) is 0 Å². The molecule has 0 saturated carbocycles. The standard InChI is InChI=1S/C28H30N2O.ClH/c1-3-8-22(9-4-1)23-15-19-30(20-16-23)21-17-27(24-10-5-2-6-11-24)31-28-13-7-12-26-25(28)14-18-29-26;/h1-14,18,23,27,29H,15-17,19-21H2;1H/t27-;/m0./s1.